The molecule has 0 aliphatic carbocycles. The Balaban J connectivity index is 2.21. The third-order valence-electron chi connectivity index (χ3n) is 2.63. The summed E-state index contributed by atoms with van der Waals surface area (Å²) < 4.78 is 0. The zero-order chi connectivity index (χ0) is 9.84. The molecule has 0 aromatic heterocycles. The first-order chi connectivity index (χ1) is 6.09. The molecular weight excluding hydrogens is 170 g/mol. The molecule has 1 heterocycles. The number of likely N-dealkylation sites (tertiary alicyclic amines) is 1. The van der Waals surface area contributed by atoms with Gasteiger partial charge in [0.25, 0.3) is 0 Å². The van der Waals surface area contributed by atoms with E-state index in [-0.39, 0.29) is 12.5 Å². The Morgan fingerprint density at radius 3 is 2.85 bits per heavy atom. The minimum Gasteiger partial charge on any atom is -0.481 e. The summed E-state index contributed by atoms with van der Waals surface area (Å²) in [6.45, 7) is 4.16. The number of carboxylic acids is 1. The highest BCUT2D eigenvalue weighted by atomic mass is 16.4. The van der Waals surface area contributed by atoms with Gasteiger partial charge in [0.15, 0.2) is 0 Å². The molecule has 2 unspecified atom stereocenters. The molecule has 0 amide bonds. The molecule has 2 N–H and O–H groups in total. The fraction of sp³-hybridized carbons (Fsp3) is 0.889. The van der Waals surface area contributed by atoms with Crippen LogP contribution in [0.2, 0.25) is 0 Å². The average Bonchev–Trinajstić information content (AvgIpc) is 2.48. The fourth-order valence-electron chi connectivity index (χ4n) is 1.71. The van der Waals surface area contributed by atoms with Crippen LogP contribution in [0.1, 0.15) is 19.8 Å². The standard InChI is InChI=1S/C9H17NO3/c1-7(11)8-2-4-10(6-8)5-3-9(12)13/h7-8,11H,2-6H2,1H3,(H,12,13). The minimum absolute atomic E-state index is 0.201. The van der Waals surface area contributed by atoms with Crippen molar-refractivity contribution in [1.29, 1.82) is 0 Å². The van der Waals surface area contributed by atoms with E-state index in [4.69, 9.17) is 5.11 Å². The van der Waals surface area contributed by atoms with Gasteiger partial charge in [0.2, 0.25) is 0 Å². The Bertz CT molecular complexity index is 182. The van der Waals surface area contributed by atoms with Gasteiger partial charge in [-0.1, -0.05) is 0 Å². The third kappa shape index (κ3) is 3.32. The molecule has 0 radical (unpaired) electrons. The normalized spacial score (nSPS) is 26.2. The molecule has 1 aliphatic heterocycles. The maximum atomic E-state index is 10.3. The number of aliphatic hydroxyl groups excluding tert-OH is 1. The number of nitrogens with zero attached hydrogens (tertiary/aromatic N) is 1. The minimum atomic E-state index is -0.750. The van der Waals surface area contributed by atoms with Crippen LogP contribution in [0.25, 0.3) is 0 Å². The summed E-state index contributed by atoms with van der Waals surface area (Å²) in [5, 5.41) is 17.8. The third-order valence-corrected chi connectivity index (χ3v) is 2.63. The van der Waals surface area contributed by atoms with E-state index >= 15 is 0 Å². The van der Waals surface area contributed by atoms with Gasteiger partial charge in [0.05, 0.1) is 12.5 Å². The highest BCUT2D eigenvalue weighted by Gasteiger charge is 2.25. The summed E-state index contributed by atoms with van der Waals surface area (Å²) in [5.74, 6) is -0.422. The number of rotatable bonds is 4. The molecule has 0 bridgehead atoms. The van der Waals surface area contributed by atoms with Crippen LogP contribution >= 0.6 is 0 Å². The van der Waals surface area contributed by atoms with Gasteiger partial charge in [0.1, 0.15) is 0 Å². The first-order valence-corrected chi connectivity index (χ1v) is 4.72. The van der Waals surface area contributed by atoms with Gasteiger partial charge in [-0.25, -0.2) is 0 Å². The van der Waals surface area contributed by atoms with E-state index in [1.165, 1.54) is 0 Å². The molecule has 1 aliphatic rings. The highest BCUT2D eigenvalue weighted by molar-refractivity contribution is 5.66. The van der Waals surface area contributed by atoms with E-state index in [0.29, 0.717) is 12.5 Å². The number of carbonyl (C=O) groups is 1. The molecule has 4 heteroatoms. The van der Waals surface area contributed by atoms with Crippen LogP contribution in [0.3, 0.4) is 0 Å². The van der Waals surface area contributed by atoms with E-state index in [2.05, 4.69) is 4.90 Å². The molecule has 0 aromatic carbocycles. The quantitative estimate of drug-likeness (QED) is 0.658. The zero-order valence-corrected chi connectivity index (χ0v) is 7.94. The first-order valence-electron chi connectivity index (χ1n) is 4.72. The van der Waals surface area contributed by atoms with Crippen LogP contribution in [0.15, 0.2) is 0 Å². The summed E-state index contributed by atoms with van der Waals surface area (Å²) in [5.41, 5.74) is 0. The molecule has 13 heavy (non-hydrogen) atoms. The second-order valence-corrected chi connectivity index (χ2v) is 3.73. The molecule has 1 fully saturated rings. The van der Waals surface area contributed by atoms with Gasteiger partial charge in [0, 0.05) is 13.1 Å². The largest absolute Gasteiger partial charge is 0.481 e. The Hall–Kier alpha value is -0.610. The Morgan fingerprint density at radius 1 is 1.69 bits per heavy atom. The Morgan fingerprint density at radius 2 is 2.38 bits per heavy atom. The van der Waals surface area contributed by atoms with E-state index in [1.807, 2.05) is 0 Å². The molecule has 0 spiro atoms. The van der Waals surface area contributed by atoms with Crippen molar-refractivity contribution < 1.29 is 15.0 Å². The topological polar surface area (TPSA) is 60.8 Å². The van der Waals surface area contributed by atoms with Crippen LogP contribution in [-0.2, 0) is 4.79 Å². The lowest BCUT2D eigenvalue weighted by molar-refractivity contribution is -0.137. The molecule has 2 atom stereocenters. The molecule has 0 saturated carbocycles. The molecular formula is C9H17NO3. The lowest BCUT2D eigenvalue weighted by Gasteiger charge is -2.15. The second-order valence-electron chi connectivity index (χ2n) is 3.73. The number of hydrogen-bond donors (Lipinski definition) is 2. The van der Waals surface area contributed by atoms with Gasteiger partial charge < -0.3 is 15.1 Å². The van der Waals surface area contributed by atoms with E-state index in [9.17, 15) is 9.90 Å². The maximum absolute atomic E-state index is 10.3. The Kier molecular flexibility index (Phi) is 3.69. The SMILES string of the molecule is CC(O)C1CCN(CCC(=O)O)C1. The van der Waals surface area contributed by atoms with Crippen LogP contribution < -0.4 is 0 Å². The predicted molar refractivity (Wildman–Crippen MR) is 48.5 cm³/mol. The van der Waals surface area contributed by atoms with Crippen molar-refractivity contribution in [3.8, 4) is 0 Å². The van der Waals surface area contributed by atoms with Crippen molar-refractivity contribution in [2.24, 2.45) is 5.92 Å². The van der Waals surface area contributed by atoms with E-state index in [0.717, 1.165) is 19.5 Å². The summed E-state index contributed by atoms with van der Waals surface area (Å²) in [6, 6.07) is 0. The van der Waals surface area contributed by atoms with Crippen molar-refractivity contribution in [1.82, 2.24) is 4.90 Å². The maximum Gasteiger partial charge on any atom is 0.304 e. The van der Waals surface area contributed by atoms with Crippen LogP contribution in [-0.4, -0.2) is 46.8 Å². The van der Waals surface area contributed by atoms with Gasteiger partial charge in [-0.2, -0.15) is 0 Å². The van der Waals surface area contributed by atoms with E-state index < -0.39 is 5.97 Å². The van der Waals surface area contributed by atoms with Gasteiger partial charge in [-0.15, -0.1) is 0 Å². The van der Waals surface area contributed by atoms with Crippen molar-refractivity contribution >= 4 is 5.97 Å². The first kappa shape index (κ1) is 10.5. The molecule has 1 saturated heterocycles. The molecule has 76 valence electrons. The number of hydrogen-bond acceptors (Lipinski definition) is 3. The van der Waals surface area contributed by atoms with Crippen molar-refractivity contribution in [3.63, 3.8) is 0 Å². The zero-order valence-electron chi connectivity index (χ0n) is 7.94. The summed E-state index contributed by atoms with van der Waals surface area (Å²) in [6.07, 6.45) is 0.916. The van der Waals surface area contributed by atoms with Crippen molar-refractivity contribution in [2.45, 2.75) is 25.9 Å². The summed E-state index contributed by atoms with van der Waals surface area (Å²) >= 11 is 0. The van der Waals surface area contributed by atoms with Gasteiger partial charge in [-0.3, -0.25) is 4.79 Å². The summed E-state index contributed by atoms with van der Waals surface area (Å²) in [7, 11) is 0. The predicted octanol–water partition coefficient (Wildman–Crippen LogP) is 0.164. The van der Waals surface area contributed by atoms with Crippen molar-refractivity contribution in [2.75, 3.05) is 19.6 Å². The van der Waals surface area contributed by atoms with Crippen LogP contribution in [0.5, 0.6) is 0 Å². The molecule has 1 rings (SSSR count). The summed E-state index contributed by atoms with van der Waals surface area (Å²) in [4.78, 5) is 12.4. The Labute approximate surface area is 78.2 Å². The van der Waals surface area contributed by atoms with Gasteiger partial charge >= 0.3 is 5.97 Å². The molecule has 4 nitrogen and oxygen atoms in total. The fourth-order valence-corrected chi connectivity index (χ4v) is 1.71. The van der Waals surface area contributed by atoms with E-state index in [1.54, 1.807) is 6.92 Å². The number of aliphatic hydroxyl groups is 1. The highest BCUT2D eigenvalue weighted by Crippen LogP contribution is 2.19. The number of carboxylic acid groups (broad SMARTS) is 1. The monoisotopic (exact) mass is 187 g/mol. The van der Waals surface area contributed by atoms with Crippen LogP contribution in [0.4, 0.5) is 0 Å². The number of aliphatic carboxylic acids is 1. The smallest absolute Gasteiger partial charge is 0.304 e. The van der Waals surface area contributed by atoms with Crippen LogP contribution in [0, 0.1) is 5.92 Å². The lowest BCUT2D eigenvalue weighted by Crippen LogP contribution is -2.26. The molecule has 0 aromatic rings. The lowest BCUT2D eigenvalue weighted by atomic mass is 10.0. The van der Waals surface area contributed by atoms with Crippen molar-refractivity contribution in [3.05, 3.63) is 0 Å². The average molecular weight is 187 g/mol. The second kappa shape index (κ2) is 4.58. The van der Waals surface area contributed by atoms with Gasteiger partial charge in [-0.05, 0) is 25.8 Å².